The molecule has 2 N–H and O–H groups in total. The minimum absolute atomic E-state index is 0.0113. The normalized spacial score (nSPS) is 22.7. The molecule has 0 aromatic heterocycles. The number of nitrogens with one attached hydrogen (secondary N) is 1. The highest BCUT2D eigenvalue weighted by atomic mass is 79.9. The molecule has 1 heterocycles. The summed E-state index contributed by atoms with van der Waals surface area (Å²) < 4.78 is 0.700. The van der Waals surface area contributed by atoms with Gasteiger partial charge in [-0.2, -0.15) is 0 Å². The lowest BCUT2D eigenvalue weighted by molar-refractivity contribution is -0.384. The van der Waals surface area contributed by atoms with E-state index in [0.717, 1.165) is 12.0 Å². The summed E-state index contributed by atoms with van der Waals surface area (Å²) in [5, 5.41) is 24.6. The molecule has 2 aliphatic rings. The van der Waals surface area contributed by atoms with E-state index >= 15 is 0 Å². The van der Waals surface area contributed by atoms with Gasteiger partial charge >= 0.3 is 5.97 Å². The Hall–Kier alpha value is -2.38. The van der Waals surface area contributed by atoms with Crippen LogP contribution in [0, 0.1) is 16.0 Å². The molecule has 0 amide bonds. The van der Waals surface area contributed by atoms with Crippen molar-refractivity contribution in [2.24, 2.45) is 5.92 Å². The number of nitro groups is 1. The number of rotatable bonds is 3. The Labute approximate surface area is 168 Å². The third kappa shape index (κ3) is 3.00. The number of hydrogen-bond donors (Lipinski definition) is 2. The predicted molar refractivity (Wildman–Crippen MR) is 106 cm³/mol. The van der Waals surface area contributed by atoms with E-state index in [1.54, 1.807) is 6.07 Å². The van der Waals surface area contributed by atoms with Crippen LogP contribution in [0.3, 0.4) is 0 Å². The molecule has 6 nitrogen and oxygen atoms in total. The molecular formula is C19H14BrClN2O4. The maximum atomic E-state index is 11.8. The Kier molecular flexibility index (Phi) is 4.44. The molecule has 0 saturated heterocycles. The van der Waals surface area contributed by atoms with Gasteiger partial charge in [0.1, 0.15) is 0 Å². The summed E-state index contributed by atoms with van der Waals surface area (Å²) in [6.45, 7) is 0. The Balaban J connectivity index is 1.88. The van der Waals surface area contributed by atoms with E-state index in [4.69, 9.17) is 11.6 Å². The van der Waals surface area contributed by atoms with Gasteiger partial charge < -0.3 is 10.4 Å². The van der Waals surface area contributed by atoms with Crippen molar-refractivity contribution >= 4 is 44.9 Å². The van der Waals surface area contributed by atoms with E-state index in [-0.39, 0.29) is 29.1 Å². The molecule has 0 saturated carbocycles. The molecule has 2 aromatic carbocycles. The summed E-state index contributed by atoms with van der Waals surface area (Å²) in [4.78, 5) is 22.5. The summed E-state index contributed by atoms with van der Waals surface area (Å²) in [6.07, 6.45) is 4.90. The summed E-state index contributed by atoms with van der Waals surface area (Å²) in [5.41, 5.74) is 2.15. The molecule has 2 aromatic rings. The number of nitro benzene ring substituents is 1. The minimum atomic E-state index is -1.04. The lowest BCUT2D eigenvalue weighted by Crippen LogP contribution is -2.30. The fraction of sp³-hybridized carbons (Fsp3) is 0.211. The standard InChI is InChI=1S/C19H14BrClN2O4/c20-9-6-13-11-2-1-3-12(11)17(22-18(13)15(7-9)19(24)25)14-8-10(23(26)27)4-5-16(14)21/h1-2,4-8,11-12,17,22H,3H2,(H,24,25)/t11-,12+,17-/m1/s1. The first kappa shape index (κ1) is 18.0. The number of carboxylic acids is 1. The molecule has 0 unspecified atom stereocenters. The number of non-ortho nitro benzene ring substituents is 1. The van der Waals surface area contributed by atoms with Crippen LogP contribution < -0.4 is 5.32 Å². The van der Waals surface area contributed by atoms with E-state index < -0.39 is 10.9 Å². The van der Waals surface area contributed by atoms with Crippen molar-refractivity contribution in [3.05, 3.63) is 78.8 Å². The zero-order valence-electron chi connectivity index (χ0n) is 13.9. The summed E-state index contributed by atoms with van der Waals surface area (Å²) in [7, 11) is 0. The van der Waals surface area contributed by atoms with Gasteiger partial charge in [-0.15, -0.1) is 0 Å². The highest BCUT2D eigenvalue weighted by Crippen LogP contribution is 2.52. The maximum Gasteiger partial charge on any atom is 0.337 e. The predicted octanol–water partition coefficient (Wildman–Crippen LogP) is 5.54. The fourth-order valence-corrected chi connectivity index (χ4v) is 4.73. The first-order valence-corrected chi connectivity index (χ1v) is 9.47. The molecular weight excluding hydrogens is 436 g/mol. The van der Waals surface area contributed by atoms with Gasteiger partial charge in [0, 0.05) is 33.1 Å². The molecule has 1 aliphatic heterocycles. The van der Waals surface area contributed by atoms with Crippen LogP contribution >= 0.6 is 27.5 Å². The van der Waals surface area contributed by atoms with Crippen LogP contribution in [0.15, 0.2) is 47.0 Å². The van der Waals surface area contributed by atoms with Crippen molar-refractivity contribution in [2.75, 3.05) is 5.32 Å². The number of carbonyl (C=O) groups is 1. The number of aromatic carboxylic acids is 1. The van der Waals surface area contributed by atoms with Gasteiger partial charge in [-0.1, -0.05) is 39.7 Å². The number of fused-ring (bicyclic) bond motifs is 3. The fourth-order valence-electron chi connectivity index (χ4n) is 4.02. The Morgan fingerprint density at radius 3 is 2.78 bits per heavy atom. The summed E-state index contributed by atoms with van der Waals surface area (Å²) in [5.74, 6) is -0.936. The van der Waals surface area contributed by atoms with Gasteiger partial charge in [0.2, 0.25) is 0 Å². The van der Waals surface area contributed by atoms with E-state index in [0.29, 0.717) is 20.7 Å². The summed E-state index contributed by atoms with van der Waals surface area (Å²) in [6, 6.07) is 7.51. The molecule has 8 heteroatoms. The molecule has 0 bridgehead atoms. The smallest absolute Gasteiger partial charge is 0.337 e. The molecule has 0 fully saturated rings. The molecule has 27 heavy (non-hydrogen) atoms. The maximum absolute atomic E-state index is 11.8. The van der Waals surface area contributed by atoms with Gasteiger partial charge in [0.25, 0.3) is 5.69 Å². The molecule has 0 spiro atoms. The minimum Gasteiger partial charge on any atom is -0.478 e. The van der Waals surface area contributed by atoms with Crippen molar-refractivity contribution in [1.29, 1.82) is 0 Å². The highest BCUT2D eigenvalue weighted by Gasteiger charge is 2.40. The third-order valence-electron chi connectivity index (χ3n) is 5.19. The van der Waals surface area contributed by atoms with Crippen LogP contribution in [0.2, 0.25) is 5.02 Å². The topological polar surface area (TPSA) is 92.5 Å². The monoisotopic (exact) mass is 448 g/mol. The van der Waals surface area contributed by atoms with Crippen LogP contribution in [0.4, 0.5) is 11.4 Å². The third-order valence-corrected chi connectivity index (χ3v) is 5.99. The second-order valence-corrected chi connectivity index (χ2v) is 7.98. The molecule has 138 valence electrons. The van der Waals surface area contributed by atoms with Gasteiger partial charge in [-0.3, -0.25) is 10.1 Å². The zero-order chi connectivity index (χ0) is 19.3. The number of hydrogen-bond acceptors (Lipinski definition) is 4. The second kappa shape index (κ2) is 6.65. The van der Waals surface area contributed by atoms with Crippen molar-refractivity contribution in [1.82, 2.24) is 0 Å². The first-order valence-electron chi connectivity index (χ1n) is 8.30. The van der Waals surface area contributed by atoms with Crippen molar-refractivity contribution < 1.29 is 14.8 Å². The van der Waals surface area contributed by atoms with Crippen LogP contribution in [-0.2, 0) is 0 Å². The first-order chi connectivity index (χ1) is 12.9. The lowest BCUT2D eigenvalue weighted by Gasteiger charge is -2.38. The van der Waals surface area contributed by atoms with Gasteiger partial charge in [-0.25, -0.2) is 4.79 Å². The van der Waals surface area contributed by atoms with E-state index in [2.05, 4.69) is 33.4 Å². The Morgan fingerprint density at radius 2 is 2.07 bits per heavy atom. The molecule has 4 rings (SSSR count). The van der Waals surface area contributed by atoms with Gasteiger partial charge in [0.15, 0.2) is 0 Å². The number of allylic oxidation sites excluding steroid dienone is 2. The summed E-state index contributed by atoms with van der Waals surface area (Å²) >= 11 is 9.76. The van der Waals surface area contributed by atoms with E-state index in [1.165, 1.54) is 18.2 Å². The SMILES string of the molecule is O=C(O)c1cc(Br)cc2c1N[C@@H](c1cc([N+](=O)[O-])ccc1Cl)[C@H]1CC=C[C@@H]21. The molecule has 3 atom stereocenters. The lowest BCUT2D eigenvalue weighted by atomic mass is 9.76. The van der Waals surface area contributed by atoms with E-state index in [1.807, 2.05) is 6.07 Å². The Morgan fingerprint density at radius 1 is 1.30 bits per heavy atom. The number of carboxylic acid groups (broad SMARTS) is 1. The number of benzene rings is 2. The van der Waals surface area contributed by atoms with Crippen LogP contribution in [-0.4, -0.2) is 16.0 Å². The van der Waals surface area contributed by atoms with Crippen molar-refractivity contribution in [3.8, 4) is 0 Å². The number of nitrogens with zero attached hydrogens (tertiary/aromatic N) is 1. The second-order valence-electron chi connectivity index (χ2n) is 6.66. The van der Waals surface area contributed by atoms with Crippen LogP contribution in [0.5, 0.6) is 0 Å². The Bertz CT molecular complexity index is 1010. The average Bonchev–Trinajstić information content (AvgIpc) is 3.11. The van der Waals surface area contributed by atoms with Crippen molar-refractivity contribution in [2.45, 2.75) is 18.4 Å². The number of anilines is 1. The van der Waals surface area contributed by atoms with Crippen LogP contribution in [0.1, 0.15) is 39.9 Å². The number of halogens is 2. The largest absolute Gasteiger partial charge is 0.478 e. The quantitative estimate of drug-likeness (QED) is 0.365. The zero-order valence-corrected chi connectivity index (χ0v) is 16.2. The van der Waals surface area contributed by atoms with Crippen molar-refractivity contribution in [3.63, 3.8) is 0 Å². The van der Waals surface area contributed by atoms with Crippen LogP contribution in [0.25, 0.3) is 0 Å². The van der Waals surface area contributed by atoms with E-state index in [9.17, 15) is 20.0 Å². The molecule has 1 aliphatic carbocycles. The highest BCUT2D eigenvalue weighted by molar-refractivity contribution is 9.10. The van der Waals surface area contributed by atoms with Gasteiger partial charge in [-0.05, 0) is 36.1 Å². The van der Waals surface area contributed by atoms with Gasteiger partial charge in [0.05, 0.1) is 22.2 Å². The average molecular weight is 450 g/mol. The molecule has 0 radical (unpaired) electrons.